The molecule has 0 spiro atoms. The summed E-state index contributed by atoms with van der Waals surface area (Å²) in [4.78, 5) is 23.0. The second-order valence-electron chi connectivity index (χ2n) is 4.25. The number of fused-ring (bicyclic) bond motifs is 1. The molecule has 0 fully saturated rings. The van der Waals surface area contributed by atoms with E-state index in [2.05, 4.69) is 4.74 Å². The third-order valence-corrected chi connectivity index (χ3v) is 3.11. The van der Waals surface area contributed by atoms with Gasteiger partial charge in [0.25, 0.3) is 0 Å². The molecule has 2 aromatic carbocycles. The highest BCUT2D eigenvalue weighted by molar-refractivity contribution is 6.07. The van der Waals surface area contributed by atoms with Crippen LogP contribution in [0.3, 0.4) is 0 Å². The van der Waals surface area contributed by atoms with E-state index in [1.807, 2.05) is 0 Å². The van der Waals surface area contributed by atoms with E-state index in [1.165, 1.54) is 33.5 Å². The van der Waals surface area contributed by atoms with Crippen molar-refractivity contribution in [2.75, 3.05) is 21.3 Å². The number of aromatic carboxylic acids is 1. The molecule has 0 aliphatic heterocycles. The summed E-state index contributed by atoms with van der Waals surface area (Å²) in [6.45, 7) is 0. The average Bonchev–Trinajstić information content (AvgIpc) is 2.51. The van der Waals surface area contributed by atoms with Crippen molar-refractivity contribution in [1.82, 2.24) is 0 Å². The summed E-state index contributed by atoms with van der Waals surface area (Å²) in [6, 6.07) is 6.20. The van der Waals surface area contributed by atoms with E-state index in [4.69, 9.17) is 9.47 Å². The highest BCUT2D eigenvalue weighted by Gasteiger charge is 2.19. The van der Waals surface area contributed by atoms with E-state index < -0.39 is 11.9 Å². The first-order valence-corrected chi connectivity index (χ1v) is 6.03. The average molecular weight is 290 g/mol. The molecule has 110 valence electrons. The fourth-order valence-electron chi connectivity index (χ4n) is 2.08. The molecular weight excluding hydrogens is 276 g/mol. The number of carbonyl (C=O) groups excluding carboxylic acids is 1. The van der Waals surface area contributed by atoms with Gasteiger partial charge in [0, 0.05) is 0 Å². The molecule has 0 aliphatic rings. The monoisotopic (exact) mass is 290 g/mol. The van der Waals surface area contributed by atoms with Gasteiger partial charge < -0.3 is 19.3 Å². The zero-order chi connectivity index (χ0) is 15.6. The van der Waals surface area contributed by atoms with Crippen LogP contribution in [0.5, 0.6) is 11.5 Å². The van der Waals surface area contributed by atoms with Gasteiger partial charge in [-0.15, -0.1) is 0 Å². The van der Waals surface area contributed by atoms with Gasteiger partial charge in [0.2, 0.25) is 0 Å². The Bertz CT molecular complexity index is 720. The van der Waals surface area contributed by atoms with Crippen LogP contribution in [-0.4, -0.2) is 38.4 Å². The molecule has 6 heteroatoms. The summed E-state index contributed by atoms with van der Waals surface area (Å²) in [6.07, 6.45) is 0. The van der Waals surface area contributed by atoms with Gasteiger partial charge in [0.1, 0.15) is 0 Å². The highest BCUT2D eigenvalue weighted by atomic mass is 16.5. The number of rotatable bonds is 4. The van der Waals surface area contributed by atoms with Crippen molar-refractivity contribution in [2.24, 2.45) is 0 Å². The molecule has 0 aromatic heterocycles. The van der Waals surface area contributed by atoms with Crippen molar-refractivity contribution in [1.29, 1.82) is 0 Å². The third-order valence-electron chi connectivity index (χ3n) is 3.11. The predicted octanol–water partition coefficient (Wildman–Crippen LogP) is 2.34. The zero-order valence-corrected chi connectivity index (χ0v) is 11.8. The quantitative estimate of drug-likeness (QED) is 0.870. The number of benzene rings is 2. The minimum Gasteiger partial charge on any atom is -0.493 e. The summed E-state index contributed by atoms with van der Waals surface area (Å²) >= 11 is 0. The molecule has 6 nitrogen and oxygen atoms in total. The lowest BCUT2D eigenvalue weighted by molar-refractivity contribution is 0.0583. The van der Waals surface area contributed by atoms with Crippen LogP contribution in [0.25, 0.3) is 10.8 Å². The van der Waals surface area contributed by atoms with E-state index in [9.17, 15) is 14.7 Å². The Kier molecular flexibility index (Phi) is 3.98. The Hall–Kier alpha value is -2.76. The lowest BCUT2D eigenvalue weighted by Crippen LogP contribution is -2.10. The van der Waals surface area contributed by atoms with Crippen molar-refractivity contribution in [2.45, 2.75) is 0 Å². The van der Waals surface area contributed by atoms with E-state index >= 15 is 0 Å². The van der Waals surface area contributed by atoms with Crippen LogP contribution in [0.15, 0.2) is 24.3 Å². The first-order valence-electron chi connectivity index (χ1n) is 6.03. The number of carboxylic acids is 1. The summed E-state index contributed by atoms with van der Waals surface area (Å²) in [5.74, 6) is -0.938. The lowest BCUT2D eigenvalue weighted by Gasteiger charge is -2.11. The second kappa shape index (κ2) is 5.70. The topological polar surface area (TPSA) is 82.1 Å². The molecule has 1 N–H and O–H groups in total. The van der Waals surface area contributed by atoms with Crippen LogP contribution >= 0.6 is 0 Å². The molecule has 2 rings (SSSR count). The maximum Gasteiger partial charge on any atom is 0.338 e. The Morgan fingerprint density at radius 3 is 1.71 bits per heavy atom. The summed E-state index contributed by atoms with van der Waals surface area (Å²) in [5.41, 5.74) is -0.133. The van der Waals surface area contributed by atoms with Crippen LogP contribution in [0.1, 0.15) is 20.7 Å². The van der Waals surface area contributed by atoms with Crippen molar-refractivity contribution in [3.05, 3.63) is 35.4 Å². The van der Waals surface area contributed by atoms with Crippen LogP contribution in [0.2, 0.25) is 0 Å². The van der Waals surface area contributed by atoms with Gasteiger partial charge in [-0.05, 0) is 35.0 Å². The fraction of sp³-hybridized carbons (Fsp3) is 0.200. The van der Waals surface area contributed by atoms with E-state index in [0.717, 1.165) is 0 Å². The second-order valence-corrected chi connectivity index (χ2v) is 4.25. The number of esters is 1. The highest BCUT2D eigenvalue weighted by Crippen LogP contribution is 2.33. The molecule has 0 radical (unpaired) electrons. The first-order chi connectivity index (χ1) is 10.0. The number of methoxy groups -OCH3 is 3. The van der Waals surface area contributed by atoms with Crippen molar-refractivity contribution >= 4 is 22.7 Å². The number of hydrogen-bond donors (Lipinski definition) is 1. The molecule has 21 heavy (non-hydrogen) atoms. The van der Waals surface area contributed by atoms with E-state index in [-0.39, 0.29) is 11.1 Å². The van der Waals surface area contributed by atoms with Crippen molar-refractivity contribution in [3.8, 4) is 11.5 Å². The number of carboxylic acid groups (broad SMARTS) is 1. The van der Waals surface area contributed by atoms with Gasteiger partial charge in [-0.3, -0.25) is 0 Å². The van der Waals surface area contributed by atoms with Crippen LogP contribution in [0.4, 0.5) is 0 Å². The minimum absolute atomic E-state index is 0.00952. The summed E-state index contributed by atoms with van der Waals surface area (Å²) in [5, 5.41) is 10.5. The van der Waals surface area contributed by atoms with Crippen LogP contribution < -0.4 is 9.47 Å². The Morgan fingerprint density at radius 1 is 0.857 bits per heavy atom. The third kappa shape index (κ3) is 2.60. The molecule has 0 unspecified atom stereocenters. The van der Waals surface area contributed by atoms with Gasteiger partial charge in [-0.2, -0.15) is 0 Å². The molecular formula is C15H14O6. The molecule has 0 saturated carbocycles. The van der Waals surface area contributed by atoms with E-state index in [0.29, 0.717) is 22.3 Å². The Labute approximate surface area is 120 Å². The molecule has 0 saturated heterocycles. The summed E-state index contributed by atoms with van der Waals surface area (Å²) in [7, 11) is 4.19. The fourth-order valence-corrected chi connectivity index (χ4v) is 2.08. The normalized spacial score (nSPS) is 10.2. The van der Waals surface area contributed by atoms with Crippen LogP contribution in [0, 0.1) is 0 Å². The largest absolute Gasteiger partial charge is 0.493 e. The molecule has 0 heterocycles. The molecule has 0 bridgehead atoms. The number of carbonyl (C=O) groups is 2. The molecule has 2 aromatic rings. The molecule has 0 aliphatic carbocycles. The number of ether oxygens (including phenoxy) is 3. The Morgan fingerprint density at radius 2 is 1.33 bits per heavy atom. The Balaban J connectivity index is 2.77. The molecule has 0 atom stereocenters. The maximum atomic E-state index is 11.7. The minimum atomic E-state index is -1.20. The number of hydrogen-bond acceptors (Lipinski definition) is 5. The standard InChI is InChI=1S/C15H14O6/c1-19-12-6-8-4-10(14(16)17)11(15(18)21-3)5-9(8)7-13(12)20-2/h4-7H,1-3H3,(H,16,17). The van der Waals surface area contributed by atoms with Gasteiger partial charge in [-0.25, -0.2) is 9.59 Å². The lowest BCUT2D eigenvalue weighted by atomic mass is 10.0. The van der Waals surface area contributed by atoms with E-state index in [1.54, 1.807) is 12.1 Å². The SMILES string of the molecule is COC(=O)c1cc2cc(OC)c(OC)cc2cc1C(=O)O. The maximum absolute atomic E-state index is 11.7. The smallest absolute Gasteiger partial charge is 0.338 e. The van der Waals surface area contributed by atoms with Crippen molar-refractivity contribution in [3.63, 3.8) is 0 Å². The van der Waals surface area contributed by atoms with Gasteiger partial charge in [0.05, 0.1) is 32.5 Å². The van der Waals surface area contributed by atoms with Gasteiger partial charge >= 0.3 is 11.9 Å². The summed E-state index contributed by atoms with van der Waals surface area (Å²) < 4.78 is 15.0. The van der Waals surface area contributed by atoms with Gasteiger partial charge in [-0.1, -0.05) is 0 Å². The predicted molar refractivity (Wildman–Crippen MR) is 75.4 cm³/mol. The zero-order valence-electron chi connectivity index (χ0n) is 11.8. The van der Waals surface area contributed by atoms with Gasteiger partial charge in [0.15, 0.2) is 11.5 Å². The molecule has 0 amide bonds. The van der Waals surface area contributed by atoms with Crippen LogP contribution in [-0.2, 0) is 4.74 Å². The van der Waals surface area contributed by atoms with Crippen molar-refractivity contribution < 1.29 is 28.9 Å². The first kappa shape index (κ1) is 14.6.